The quantitative estimate of drug-likeness (QED) is 0.313. The van der Waals surface area contributed by atoms with Crippen molar-refractivity contribution in [1.82, 2.24) is 4.90 Å². The van der Waals surface area contributed by atoms with Crippen molar-refractivity contribution in [2.75, 3.05) is 19.7 Å². The van der Waals surface area contributed by atoms with Crippen LogP contribution in [0.3, 0.4) is 0 Å². The van der Waals surface area contributed by atoms with E-state index in [1.807, 2.05) is 24.3 Å². The van der Waals surface area contributed by atoms with Crippen LogP contribution in [0.15, 0.2) is 48.1 Å². The molecule has 8 nitrogen and oxygen atoms in total. The van der Waals surface area contributed by atoms with E-state index in [0.717, 1.165) is 69.3 Å². The van der Waals surface area contributed by atoms with Gasteiger partial charge in [-0.3, -0.25) is 14.5 Å². The molecule has 8 heteroatoms. The minimum Gasteiger partial charge on any atom is -0.454 e. The summed E-state index contributed by atoms with van der Waals surface area (Å²) in [7, 11) is 0. The van der Waals surface area contributed by atoms with E-state index in [-0.39, 0.29) is 35.2 Å². The average molecular weight is 660 g/mol. The fourth-order valence-electron chi connectivity index (χ4n) is 11.0. The maximum absolute atomic E-state index is 14.7. The van der Waals surface area contributed by atoms with Crippen molar-refractivity contribution in [2.45, 2.75) is 116 Å². The normalized spacial score (nSPS) is 39.0. The van der Waals surface area contributed by atoms with Crippen LogP contribution in [0, 0.1) is 34.5 Å². The van der Waals surface area contributed by atoms with E-state index in [0.29, 0.717) is 18.4 Å². The van der Waals surface area contributed by atoms with Crippen molar-refractivity contribution in [1.29, 1.82) is 0 Å². The molecule has 0 unspecified atom stereocenters. The number of carbonyl (C=O) groups excluding carboxylic acids is 3. The maximum atomic E-state index is 14.7. The molecule has 0 radical (unpaired) electrons. The molecule has 1 aliphatic heterocycles. The summed E-state index contributed by atoms with van der Waals surface area (Å²) in [5.41, 5.74) is 0.117. The van der Waals surface area contributed by atoms with Gasteiger partial charge in [0, 0.05) is 29.2 Å². The van der Waals surface area contributed by atoms with E-state index in [9.17, 15) is 19.5 Å². The first-order valence-electron chi connectivity index (χ1n) is 18.5. The third-order valence-electron chi connectivity index (χ3n) is 13.5. The van der Waals surface area contributed by atoms with E-state index in [4.69, 9.17) is 14.2 Å². The van der Waals surface area contributed by atoms with Crippen LogP contribution in [-0.2, 0) is 30.3 Å². The minimum atomic E-state index is -1.31. The largest absolute Gasteiger partial charge is 0.454 e. The Morgan fingerprint density at radius 1 is 1.08 bits per heavy atom. The number of ether oxygens (including phenoxy) is 3. The Balaban J connectivity index is 1.16. The molecule has 0 bridgehead atoms. The summed E-state index contributed by atoms with van der Waals surface area (Å²) in [5, 5.41) is 12.1. The molecule has 1 heterocycles. The van der Waals surface area contributed by atoms with E-state index >= 15 is 0 Å². The van der Waals surface area contributed by atoms with Crippen molar-refractivity contribution in [3.05, 3.63) is 59.2 Å². The average Bonchev–Trinajstić information content (AvgIpc) is 3.59. The molecule has 6 aliphatic rings. The lowest BCUT2D eigenvalue weighted by Crippen LogP contribution is -2.63. The molecule has 0 aromatic heterocycles. The third kappa shape index (κ3) is 5.37. The first kappa shape index (κ1) is 33.8. The number of fused-ring (bicyclic) bond motifs is 7. The molecule has 1 aromatic rings. The van der Waals surface area contributed by atoms with Crippen LogP contribution >= 0.6 is 0 Å². The first-order chi connectivity index (χ1) is 23.0. The zero-order valence-electron chi connectivity index (χ0n) is 29.1. The lowest BCUT2D eigenvalue weighted by atomic mass is 9.46. The Hall–Kier alpha value is -2.65. The molecule has 4 saturated carbocycles. The zero-order chi connectivity index (χ0) is 33.8. The third-order valence-corrected chi connectivity index (χ3v) is 13.5. The number of hydrogen-bond acceptors (Lipinski definition) is 8. The Labute approximate surface area is 285 Å². The summed E-state index contributed by atoms with van der Waals surface area (Å²) in [6, 6.07) is 7.45. The summed E-state index contributed by atoms with van der Waals surface area (Å²) in [5.74, 6) is -0.422. The maximum Gasteiger partial charge on any atom is 0.338 e. The first-order valence-corrected chi connectivity index (χ1v) is 18.5. The van der Waals surface area contributed by atoms with Gasteiger partial charge in [0.25, 0.3) is 0 Å². The van der Waals surface area contributed by atoms with Gasteiger partial charge in [0.05, 0.1) is 17.8 Å². The Morgan fingerprint density at radius 2 is 1.85 bits per heavy atom. The second-order valence-corrected chi connectivity index (χ2v) is 15.9. The smallest absolute Gasteiger partial charge is 0.338 e. The van der Waals surface area contributed by atoms with E-state index in [2.05, 4.69) is 32.6 Å². The number of carbonyl (C=O) groups is 3. The molecule has 260 valence electrons. The van der Waals surface area contributed by atoms with Crippen LogP contribution in [0.25, 0.3) is 0 Å². The van der Waals surface area contributed by atoms with Gasteiger partial charge in [-0.15, -0.1) is 0 Å². The number of rotatable bonds is 9. The molecular formula is C40H53NO7. The number of esters is 1. The highest BCUT2D eigenvalue weighted by atomic mass is 16.7. The highest BCUT2D eigenvalue weighted by Crippen LogP contribution is 2.70. The SMILES string of the molecule is CCN(CC)Cc1cccc(C(=O)OCC(=O)[C@@]23O[C@H](C4CCCCC4)O[C@@H]2C[C@H]2[C@@H]4CCC5=CC(=O)C=C[C@]5(C)[C@H]4[C@@H](O)C[C@@]23C)c1. The number of ketones is 2. The Morgan fingerprint density at radius 3 is 2.60 bits per heavy atom. The van der Waals surface area contributed by atoms with Crippen molar-refractivity contribution in [3.8, 4) is 0 Å². The topological polar surface area (TPSA) is 102 Å². The lowest BCUT2D eigenvalue weighted by Gasteiger charge is -2.59. The number of nitrogens with zero attached hydrogens (tertiary/aromatic N) is 1. The number of allylic oxidation sites excluding steroid dienone is 4. The monoisotopic (exact) mass is 659 g/mol. The van der Waals surface area contributed by atoms with Gasteiger partial charge in [0.2, 0.25) is 5.78 Å². The highest BCUT2D eigenvalue weighted by Gasteiger charge is 2.76. The van der Waals surface area contributed by atoms with Gasteiger partial charge in [-0.2, -0.15) is 0 Å². The number of benzene rings is 1. The second kappa shape index (κ2) is 12.9. The molecule has 9 atom stereocenters. The number of Topliss-reactive ketones (excluding diaryl/α,β-unsaturated/α-hetero) is 1. The molecule has 1 aromatic carbocycles. The molecular weight excluding hydrogens is 606 g/mol. The van der Waals surface area contributed by atoms with Crippen molar-refractivity contribution in [2.24, 2.45) is 34.5 Å². The summed E-state index contributed by atoms with van der Waals surface area (Å²) in [4.78, 5) is 42.7. The molecule has 7 rings (SSSR count). The molecule has 0 amide bonds. The molecule has 1 N–H and O–H groups in total. The van der Waals surface area contributed by atoms with Gasteiger partial charge in [-0.1, -0.05) is 70.7 Å². The fraction of sp³-hybridized carbons (Fsp3) is 0.675. The summed E-state index contributed by atoms with van der Waals surface area (Å²) >= 11 is 0. The van der Waals surface area contributed by atoms with Crippen molar-refractivity contribution in [3.63, 3.8) is 0 Å². The van der Waals surface area contributed by atoms with Gasteiger partial charge in [-0.05, 0) is 93.3 Å². The Kier molecular flexibility index (Phi) is 9.10. The van der Waals surface area contributed by atoms with Crippen LogP contribution < -0.4 is 0 Å². The summed E-state index contributed by atoms with van der Waals surface area (Å²) < 4.78 is 19.6. The number of aliphatic hydroxyl groups excluding tert-OH is 1. The Bertz CT molecular complexity index is 1490. The van der Waals surface area contributed by atoms with Crippen LogP contribution in [0.2, 0.25) is 0 Å². The minimum absolute atomic E-state index is 0.0109. The zero-order valence-corrected chi connectivity index (χ0v) is 29.1. The van der Waals surface area contributed by atoms with Crippen LogP contribution in [-0.4, -0.2) is 71.3 Å². The van der Waals surface area contributed by atoms with E-state index in [1.54, 1.807) is 18.2 Å². The summed E-state index contributed by atoms with van der Waals surface area (Å²) in [6.07, 6.45) is 11.9. The lowest BCUT2D eigenvalue weighted by molar-refractivity contribution is -0.209. The van der Waals surface area contributed by atoms with Crippen LogP contribution in [0.5, 0.6) is 0 Å². The standard InChI is InChI=1S/C40H53NO7/c1-5-41(6-2)23-25-11-10-14-27(19-25)36(45)46-24-33(44)40-34(47-37(48-40)26-12-8-7-9-13-26)21-31-30-16-15-28-20-29(42)17-18-38(28,3)35(30)32(43)22-39(31,40)4/h10-11,14,17-20,26,30-32,34-35,37,43H,5-9,12-13,15-16,21-24H2,1-4H3/t30-,31-,32-,34+,35+,37+,38-,39-,40+/m0/s1. The van der Waals surface area contributed by atoms with Gasteiger partial charge in [0.1, 0.15) is 0 Å². The van der Waals surface area contributed by atoms with Gasteiger partial charge < -0.3 is 19.3 Å². The number of hydrogen-bond donors (Lipinski definition) is 1. The van der Waals surface area contributed by atoms with Crippen molar-refractivity contribution < 1.29 is 33.7 Å². The summed E-state index contributed by atoms with van der Waals surface area (Å²) in [6.45, 7) is 10.7. The van der Waals surface area contributed by atoms with Gasteiger partial charge in [0.15, 0.2) is 24.3 Å². The predicted octanol–water partition coefficient (Wildman–Crippen LogP) is 6.20. The van der Waals surface area contributed by atoms with Crippen molar-refractivity contribution >= 4 is 17.5 Å². The number of aliphatic hydroxyl groups is 1. The van der Waals surface area contributed by atoms with E-state index < -0.39 is 47.5 Å². The highest BCUT2D eigenvalue weighted by molar-refractivity contribution is 6.01. The van der Waals surface area contributed by atoms with Crippen LogP contribution in [0.4, 0.5) is 0 Å². The molecule has 1 saturated heterocycles. The second-order valence-electron chi connectivity index (χ2n) is 15.9. The van der Waals surface area contributed by atoms with Crippen LogP contribution in [0.1, 0.15) is 101 Å². The van der Waals surface area contributed by atoms with Gasteiger partial charge in [-0.25, -0.2) is 4.79 Å². The molecule has 5 aliphatic carbocycles. The van der Waals surface area contributed by atoms with E-state index in [1.165, 1.54) is 6.42 Å². The predicted molar refractivity (Wildman–Crippen MR) is 181 cm³/mol. The molecule has 0 spiro atoms. The molecule has 48 heavy (non-hydrogen) atoms. The van der Waals surface area contributed by atoms with Gasteiger partial charge >= 0.3 is 5.97 Å². The fourth-order valence-corrected chi connectivity index (χ4v) is 11.0. The molecule has 5 fully saturated rings.